The number of amides is 1. The van der Waals surface area contributed by atoms with E-state index in [-0.39, 0.29) is 11.1 Å². The molecule has 0 heterocycles. The van der Waals surface area contributed by atoms with E-state index in [1.165, 1.54) is 36.4 Å². The van der Waals surface area contributed by atoms with E-state index < -0.39 is 30.1 Å². The molecule has 0 atom stereocenters. The number of hydrogen-bond donors (Lipinski definition) is 2. The molecule has 108 valence electrons. The van der Waals surface area contributed by atoms with Gasteiger partial charge in [0.05, 0.1) is 0 Å². The minimum atomic E-state index is -1.19. The smallest absolute Gasteiger partial charge is 0.322 e. The standard InChI is InChI=1S/C15H11F2NO3/c16-11-4-1-9(2-5-11)12-6-3-10(7-13(12)17)15(21)18-8-14(19)20/h1-7H,8H2,(H,18,21)(H,19,20). The summed E-state index contributed by atoms with van der Waals surface area (Å²) in [5, 5.41) is 10.6. The van der Waals surface area contributed by atoms with Gasteiger partial charge in [-0.1, -0.05) is 18.2 Å². The summed E-state index contributed by atoms with van der Waals surface area (Å²) in [5.41, 5.74) is 0.718. The fourth-order valence-electron chi connectivity index (χ4n) is 1.78. The Labute approximate surface area is 119 Å². The van der Waals surface area contributed by atoms with Crippen LogP contribution < -0.4 is 5.32 Å². The van der Waals surface area contributed by atoms with E-state index in [0.717, 1.165) is 6.07 Å². The highest BCUT2D eigenvalue weighted by Gasteiger charge is 2.11. The van der Waals surface area contributed by atoms with Crippen molar-refractivity contribution in [1.82, 2.24) is 5.32 Å². The molecule has 0 fully saturated rings. The molecule has 2 aromatic carbocycles. The Morgan fingerprint density at radius 1 is 1.05 bits per heavy atom. The highest BCUT2D eigenvalue weighted by Crippen LogP contribution is 2.23. The second-order valence-electron chi connectivity index (χ2n) is 4.28. The van der Waals surface area contributed by atoms with Crippen LogP contribution in [-0.2, 0) is 4.79 Å². The fraction of sp³-hybridized carbons (Fsp3) is 0.0667. The molecule has 4 nitrogen and oxygen atoms in total. The highest BCUT2D eigenvalue weighted by atomic mass is 19.1. The number of carbonyl (C=O) groups is 2. The van der Waals surface area contributed by atoms with Crippen molar-refractivity contribution in [2.24, 2.45) is 0 Å². The van der Waals surface area contributed by atoms with Gasteiger partial charge in [-0.25, -0.2) is 8.78 Å². The zero-order chi connectivity index (χ0) is 15.4. The summed E-state index contributed by atoms with van der Waals surface area (Å²) in [6, 6.07) is 9.05. The summed E-state index contributed by atoms with van der Waals surface area (Å²) in [6.45, 7) is -0.542. The van der Waals surface area contributed by atoms with Gasteiger partial charge >= 0.3 is 5.97 Å². The molecule has 1 amide bonds. The molecule has 6 heteroatoms. The predicted octanol–water partition coefficient (Wildman–Crippen LogP) is 2.45. The van der Waals surface area contributed by atoms with E-state index >= 15 is 0 Å². The van der Waals surface area contributed by atoms with Crippen molar-refractivity contribution < 1.29 is 23.5 Å². The maximum absolute atomic E-state index is 14.0. The van der Waals surface area contributed by atoms with Gasteiger partial charge in [0.2, 0.25) is 0 Å². The molecule has 2 rings (SSSR count). The molecule has 2 aromatic rings. The van der Waals surface area contributed by atoms with Crippen molar-refractivity contribution in [3.63, 3.8) is 0 Å². The quantitative estimate of drug-likeness (QED) is 0.909. The number of hydrogen-bond acceptors (Lipinski definition) is 2. The van der Waals surface area contributed by atoms with Crippen LogP contribution >= 0.6 is 0 Å². The van der Waals surface area contributed by atoms with Crippen LogP contribution in [0.2, 0.25) is 0 Å². The minimum Gasteiger partial charge on any atom is -0.480 e. The second kappa shape index (κ2) is 6.13. The van der Waals surface area contributed by atoms with E-state index in [2.05, 4.69) is 5.32 Å². The SMILES string of the molecule is O=C(O)CNC(=O)c1ccc(-c2ccc(F)cc2)c(F)c1. The maximum atomic E-state index is 14.0. The number of carbonyl (C=O) groups excluding carboxylic acids is 1. The average molecular weight is 291 g/mol. The molecular weight excluding hydrogens is 280 g/mol. The lowest BCUT2D eigenvalue weighted by atomic mass is 10.0. The summed E-state index contributed by atoms with van der Waals surface area (Å²) >= 11 is 0. The first-order valence-electron chi connectivity index (χ1n) is 6.03. The molecule has 0 aliphatic carbocycles. The molecule has 0 aromatic heterocycles. The van der Waals surface area contributed by atoms with E-state index in [4.69, 9.17) is 5.11 Å². The summed E-state index contributed by atoms with van der Waals surface area (Å²) in [5.74, 6) is -2.94. The minimum absolute atomic E-state index is 0.0135. The van der Waals surface area contributed by atoms with Gasteiger partial charge in [0.15, 0.2) is 0 Å². The summed E-state index contributed by atoms with van der Waals surface area (Å²) in [7, 11) is 0. The van der Waals surface area contributed by atoms with Crippen molar-refractivity contribution >= 4 is 11.9 Å². The normalized spacial score (nSPS) is 10.2. The van der Waals surface area contributed by atoms with Crippen LogP contribution in [0.5, 0.6) is 0 Å². The van der Waals surface area contributed by atoms with Crippen LogP contribution in [0.3, 0.4) is 0 Å². The van der Waals surface area contributed by atoms with Crippen molar-refractivity contribution in [1.29, 1.82) is 0 Å². The third-order valence-electron chi connectivity index (χ3n) is 2.79. The number of carboxylic acids is 1. The molecule has 0 spiro atoms. The largest absolute Gasteiger partial charge is 0.480 e. The Morgan fingerprint density at radius 3 is 2.29 bits per heavy atom. The molecule has 0 aliphatic heterocycles. The molecule has 21 heavy (non-hydrogen) atoms. The Morgan fingerprint density at radius 2 is 1.71 bits per heavy atom. The van der Waals surface area contributed by atoms with Gasteiger partial charge in [0, 0.05) is 11.1 Å². The lowest BCUT2D eigenvalue weighted by Gasteiger charge is -2.07. The number of aliphatic carboxylic acids is 1. The Bertz CT molecular complexity index is 684. The third-order valence-corrected chi connectivity index (χ3v) is 2.79. The van der Waals surface area contributed by atoms with Gasteiger partial charge < -0.3 is 10.4 Å². The zero-order valence-corrected chi connectivity index (χ0v) is 10.8. The Hall–Kier alpha value is -2.76. The van der Waals surface area contributed by atoms with E-state index in [1.807, 2.05) is 0 Å². The van der Waals surface area contributed by atoms with Crippen LogP contribution in [0.1, 0.15) is 10.4 Å². The first kappa shape index (κ1) is 14.6. The molecule has 0 saturated heterocycles. The maximum Gasteiger partial charge on any atom is 0.322 e. The summed E-state index contributed by atoms with van der Waals surface area (Å²) < 4.78 is 26.8. The van der Waals surface area contributed by atoms with Gasteiger partial charge in [0.1, 0.15) is 18.2 Å². The lowest BCUT2D eigenvalue weighted by Crippen LogP contribution is -2.29. The molecule has 2 N–H and O–H groups in total. The fourth-order valence-corrected chi connectivity index (χ4v) is 1.78. The molecule has 0 radical (unpaired) electrons. The van der Waals surface area contributed by atoms with Crippen LogP contribution in [0.15, 0.2) is 42.5 Å². The van der Waals surface area contributed by atoms with Gasteiger partial charge in [-0.2, -0.15) is 0 Å². The van der Waals surface area contributed by atoms with E-state index in [0.29, 0.717) is 5.56 Å². The lowest BCUT2D eigenvalue weighted by molar-refractivity contribution is -0.135. The molecular formula is C15H11F2NO3. The first-order chi connectivity index (χ1) is 9.97. The van der Waals surface area contributed by atoms with Crippen LogP contribution in [0, 0.1) is 11.6 Å². The van der Waals surface area contributed by atoms with Crippen molar-refractivity contribution in [3.8, 4) is 11.1 Å². The number of carboxylic acid groups (broad SMARTS) is 1. The van der Waals surface area contributed by atoms with E-state index in [9.17, 15) is 18.4 Å². The molecule has 0 unspecified atom stereocenters. The van der Waals surface area contributed by atoms with Gasteiger partial charge in [0.25, 0.3) is 5.91 Å². The third kappa shape index (κ3) is 3.62. The molecule has 0 bridgehead atoms. The molecule has 0 saturated carbocycles. The van der Waals surface area contributed by atoms with Gasteiger partial charge in [-0.05, 0) is 29.8 Å². The zero-order valence-electron chi connectivity index (χ0n) is 10.8. The first-order valence-corrected chi connectivity index (χ1v) is 6.03. The topological polar surface area (TPSA) is 66.4 Å². The monoisotopic (exact) mass is 291 g/mol. The van der Waals surface area contributed by atoms with Gasteiger partial charge in [-0.3, -0.25) is 9.59 Å². The van der Waals surface area contributed by atoms with Crippen LogP contribution in [0.4, 0.5) is 8.78 Å². The van der Waals surface area contributed by atoms with Gasteiger partial charge in [-0.15, -0.1) is 0 Å². The predicted molar refractivity (Wildman–Crippen MR) is 71.8 cm³/mol. The number of benzene rings is 2. The average Bonchev–Trinajstić information content (AvgIpc) is 2.45. The Balaban J connectivity index is 2.23. The number of nitrogens with one attached hydrogen (secondary N) is 1. The van der Waals surface area contributed by atoms with Crippen LogP contribution in [-0.4, -0.2) is 23.5 Å². The van der Waals surface area contributed by atoms with Crippen molar-refractivity contribution in [2.45, 2.75) is 0 Å². The van der Waals surface area contributed by atoms with Crippen molar-refractivity contribution in [2.75, 3.05) is 6.54 Å². The molecule has 0 aliphatic rings. The number of rotatable bonds is 4. The van der Waals surface area contributed by atoms with Crippen LogP contribution in [0.25, 0.3) is 11.1 Å². The summed E-state index contributed by atoms with van der Waals surface area (Å²) in [6.07, 6.45) is 0. The van der Waals surface area contributed by atoms with E-state index in [1.54, 1.807) is 0 Å². The highest BCUT2D eigenvalue weighted by molar-refractivity contribution is 5.96. The second-order valence-corrected chi connectivity index (χ2v) is 4.28. The number of halogens is 2. The summed E-state index contributed by atoms with van der Waals surface area (Å²) in [4.78, 5) is 22.0. The Kier molecular flexibility index (Phi) is 4.27. The van der Waals surface area contributed by atoms with Crippen molar-refractivity contribution in [3.05, 3.63) is 59.7 Å².